The van der Waals surface area contributed by atoms with Gasteiger partial charge in [-0.1, -0.05) is 42.5 Å². The number of hydrogen-bond donors (Lipinski definition) is 2. The van der Waals surface area contributed by atoms with Gasteiger partial charge in [0.1, 0.15) is 5.75 Å². The van der Waals surface area contributed by atoms with Gasteiger partial charge < -0.3 is 10.5 Å². The van der Waals surface area contributed by atoms with E-state index in [4.69, 9.17) is 10.5 Å². The number of nitrogens with two attached hydrogens (primary N) is 1. The molecule has 0 aliphatic heterocycles. The number of nitrogens with one attached hydrogen (secondary N) is 1. The quantitative estimate of drug-likeness (QED) is 0.407. The molecule has 4 aromatic rings. The first-order valence-corrected chi connectivity index (χ1v) is 11.4. The first-order valence-electron chi connectivity index (χ1n) is 9.88. The maximum Gasteiger partial charge on any atom is 0.264 e. The van der Waals surface area contributed by atoms with Crippen molar-refractivity contribution in [1.29, 1.82) is 0 Å². The minimum absolute atomic E-state index is 0.0189. The number of nitrogens with zero attached hydrogens (tertiary/aromatic N) is 2. The molecule has 0 saturated heterocycles. The molecule has 0 amide bonds. The van der Waals surface area contributed by atoms with E-state index in [1.807, 2.05) is 50.2 Å². The Balaban J connectivity index is 1.78. The third-order valence-electron chi connectivity index (χ3n) is 4.86. The summed E-state index contributed by atoms with van der Waals surface area (Å²) in [5.41, 5.74) is 9.72. The molecule has 32 heavy (non-hydrogen) atoms. The molecule has 0 radical (unpaired) electrons. The molecule has 0 spiro atoms. The predicted octanol–water partition coefficient (Wildman–Crippen LogP) is 4.94. The fourth-order valence-corrected chi connectivity index (χ4v) is 4.37. The topological polar surface area (TPSA) is 107 Å². The van der Waals surface area contributed by atoms with E-state index in [0.717, 1.165) is 16.7 Å². The van der Waals surface area contributed by atoms with Crippen molar-refractivity contribution in [2.45, 2.75) is 18.7 Å². The number of ether oxygens (including phenoxy) is 1. The van der Waals surface area contributed by atoms with Gasteiger partial charge in [0.05, 0.1) is 10.5 Å². The normalized spacial score (nSPS) is 11.2. The SMILES string of the molecule is Cc1cccc(C)c1-c1cnc(NS(=O)(=O)c2cccc(N)c2)nc1Oc1ccccc1. The summed E-state index contributed by atoms with van der Waals surface area (Å²) in [7, 11) is -3.93. The number of aromatic nitrogens is 2. The molecule has 3 N–H and O–H groups in total. The van der Waals surface area contributed by atoms with Crippen LogP contribution >= 0.6 is 0 Å². The predicted molar refractivity (Wildman–Crippen MR) is 125 cm³/mol. The van der Waals surface area contributed by atoms with Crippen LogP contribution in [0.1, 0.15) is 11.1 Å². The highest BCUT2D eigenvalue weighted by atomic mass is 32.2. The van der Waals surface area contributed by atoms with Crippen molar-refractivity contribution in [2.75, 3.05) is 10.5 Å². The van der Waals surface area contributed by atoms with Crippen LogP contribution in [0.2, 0.25) is 0 Å². The lowest BCUT2D eigenvalue weighted by Gasteiger charge is -2.15. The Morgan fingerprint density at radius 3 is 2.28 bits per heavy atom. The first-order chi connectivity index (χ1) is 15.3. The summed E-state index contributed by atoms with van der Waals surface area (Å²) in [6.45, 7) is 3.98. The van der Waals surface area contributed by atoms with Gasteiger partial charge in [-0.2, -0.15) is 4.98 Å². The highest BCUT2D eigenvalue weighted by molar-refractivity contribution is 7.92. The van der Waals surface area contributed by atoms with E-state index in [-0.39, 0.29) is 16.7 Å². The Bertz CT molecular complexity index is 1350. The van der Waals surface area contributed by atoms with Crippen LogP contribution in [-0.4, -0.2) is 18.4 Å². The Labute approximate surface area is 187 Å². The monoisotopic (exact) mass is 446 g/mol. The molecule has 1 aromatic heterocycles. The molecule has 1 heterocycles. The van der Waals surface area contributed by atoms with Gasteiger partial charge in [0.15, 0.2) is 0 Å². The highest BCUT2D eigenvalue weighted by Crippen LogP contribution is 2.36. The molecule has 3 aromatic carbocycles. The van der Waals surface area contributed by atoms with E-state index in [1.165, 1.54) is 12.1 Å². The van der Waals surface area contributed by atoms with Gasteiger partial charge in [-0.25, -0.2) is 18.1 Å². The molecule has 0 unspecified atom stereocenters. The van der Waals surface area contributed by atoms with Crippen LogP contribution in [0.15, 0.2) is 83.9 Å². The second-order valence-corrected chi connectivity index (χ2v) is 8.95. The second kappa shape index (κ2) is 8.68. The Morgan fingerprint density at radius 1 is 0.906 bits per heavy atom. The van der Waals surface area contributed by atoms with Crippen molar-refractivity contribution in [3.63, 3.8) is 0 Å². The fraction of sp³-hybridized carbons (Fsp3) is 0.0833. The molecule has 0 atom stereocenters. The molecule has 0 aliphatic rings. The van der Waals surface area contributed by atoms with Crippen molar-refractivity contribution in [3.05, 3.63) is 90.1 Å². The van der Waals surface area contributed by atoms with Crippen molar-refractivity contribution >= 4 is 21.7 Å². The lowest BCUT2D eigenvalue weighted by atomic mass is 9.97. The Hall–Kier alpha value is -3.91. The maximum absolute atomic E-state index is 12.8. The van der Waals surface area contributed by atoms with Gasteiger partial charge in [0, 0.05) is 11.9 Å². The van der Waals surface area contributed by atoms with Gasteiger partial charge in [-0.3, -0.25) is 0 Å². The first kappa shape index (κ1) is 21.3. The largest absolute Gasteiger partial charge is 0.438 e. The second-order valence-electron chi connectivity index (χ2n) is 7.27. The number of para-hydroxylation sites is 1. The maximum atomic E-state index is 12.8. The van der Waals surface area contributed by atoms with Crippen molar-refractivity contribution < 1.29 is 13.2 Å². The molecule has 0 fully saturated rings. The van der Waals surface area contributed by atoms with Crippen LogP contribution in [0.25, 0.3) is 11.1 Å². The van der Waals surface area contributed by atoms with Gasteiger partial charge in [-0.15, -0.1) is 0 Å². The van der Waals surface area contributed by atoms with Crippen LogP contribution in [0.3, 0.4) is 0 Å². The number of nitrogen functional groups attached to an aromatic ring is 1. The number of anilines is 2. The summed E-state index contributed by atoms with van der Waals surface area (Å²) in [6, 6.07) is 21.1. The summed E-state index contributed by atoms with van der Waals surface area (Å²) in [5, 5.41) is 0. The molecule has 8 heteroatoms. The average Bonchev–Trinajstić information content (AvgIpc) is 2.75. The number of rotatable bonds is 6. The number of sulfonamides is 1. The van der Waals surface area contributed by atoms with Gasteiger partial charge in [-0.05, 0) is 60.9 Å². The molecular weight excluding hydrogens is 424 g/mol. The third kappa shape index (κ3) is 4.55. The Kier molecular flexibility index (Phi) is 5.79. The van der Waals surface area contributed by atoms with E-state index in [9.17, 15) is 8.42 Å². The van der Waals surface area contributed by atoms with Crippen LogP contribution in [-0.2, 0) is 10.0 Å². The molecule has 0 bridgehead atoms. The number of aryl methyl sites for hydroxylation is 2. The number of benzene rings is 3. The molecule has 162 valence electrons. The van der Waals surface area contributed by atoms with Crippen molar-refractivity contribution in [1.82, 2.24) is 9.97 Å². The standard InChI is InChI=1S/C24H22N4O3S/c1-16-8-6-9-17(2)22(16)21-15-26-24(27-23(21)31-19-11-4-3-5-12-19)28-32(29,30)20-13-7-10-18(25)14-20/h3-15H,25H2,1-2H3,(H,26,27,28). The summed E-state index contributed by atoms with van der Waals surface area (Å²) >= 11 is 0. The van der Waals surface area contributed by atoms with Crippen LogP contribution in [0.5, 0.6) is 11.6 Å². The van der Waals surface area contributed by atoms with Gasteiger partial charge >= 0.3 is 0 Å². The molecule has 7 nitrogen and oxygen atoms in total. The third-order valence-corrected chi connectivity index (χ3v) is 6.18. The zero-order chi connectivity index (χ0) is 22.7. The van der Waals surface area contributed by atoms with E-state index in [2.05, 4.69) is 14.7 Å². The van der Waals surface area contributed by atoms with Gasteiger partial charge in [0.2, 0.25) is 11.8 Å². The lowest BCUT2D eigenvalue weighted by molar-refractivity contribution is 0.464. The van der Waals surface area contributed by atoms with E-state index in [0.29, 0.717) is 17.0 Å². The molecular formula is C24H22N4O3S. The Morgan fingerprint density at radius 2 is 1.59 bits per heavy atom. The van der Waals surface area contributed by atoms with E-state index in [1.54, 1.807) is 30.5 Å². The summed E-state index contributed by atoms with van der Waals surface area (Å²) in [4.78, 5) is 8.68. The van der Waals surface area contributed by atoms with Crippen LogP contribution in [0.4, 0.5) is 11.6 Å². The number of hydrogen-bond acceptors (Lipinski definition) is 6. The lowest BCUT2D eigenvalue weighted by Crippen LogP contribution is -2.15. The van der Waals surface area contributed by atoms with E-state index >= 15 is 0 Å². The van der Waals surface area contributed by atoms with E-state index < -0.39 is 10.0 Å². The summed E-state index contributed by atoms with van der Waals surface area (Å²) in [6.07, 6.45) is 1.57. The zero-order valence-corrected chi connectivity index (χ0v) is 18.4. The summed E-state index contributed by atoms with van der Waals surface area (Å²) in [5.74, 6) is 0.713. The molecule has 0 saturated carbocycles. The fourth-order valence-electron chi connectivity index (χ4n) is 3.36. The minimum atomic E-state index is -3.93. The summed E-state index contributed by atoms with van der Waals surface area (Å²) < 4.78 is 34.1. The van der Waals surface area contributed by atoms with Crippen LogP contribution in [0, 0.1) is 13.8 Å². The smallest absolute Gasteiger partial charge is 0.264 e. The average molecular weight is 447 g/mol. The van der Waals surface area contributed by atoms with Gasteiger partial charge in [0.25, 0.3) is 10.0 Å². The zero-order valence-electron chi connectivity index (χ0n) is 17.6. The molecule has 0 aliphatic carbocycles. The van der Waals surface area contributed by atoms with Crippen molar-refractivity contribution in [3.8, 4) is 22.8 Å². The highest BCUT2D eigenvalue weighted by Gasteiger charge is 2.20. The van der Waals surface area contributed by atoms with Crippen molar-refractivity contribution in [2.24, 2.45) is 0 Å². The minimum Gasteiger partial charge on any atom is -0.438 e. The van der Waals surface area contributed by atoms with Crippen LogP contribution < -0.4 is 15.2 Å². The molecule has 4 rings (SSSR count).